The predicted octanol–water partition coefficient (Wildman–Crippen LogP) is 7.79. The summed E-state index contributed by atoms with van der Waals surface area (Å²) in [6.45, 7) is 10.2. The molecule has 1 unspecified atom stereocenters. The molecule has 5 rings (SSSR count). The molecule has 0 saturated heterocycles. The van der Waals surface area contributed by atoms with E-state index in [2.05, 4.69) is 39.8 Å². The molecular formula is C27H37ClO. The van der Waals surface area contributed by atoms with Crippen LogP contribution < -0.4 is 4.74 Å². The maximum absolute atomic E-state index is 6.48. The van der Waals surface area contributed by atoms with E-state index in [1.807, 2.05) is 24.3 Å². The Morgan fingerprint density at radius 3 is 2.48 bits per heavy atom. The summed E-state index contributed by atoms with van der Waals surface area (Å²) in [7, 11) is 0. The zero-order valence-electron chi connectivity index (χ0n) is 18.5. The van der Waals surface area contributed by atoms with Gasteiger partial charge in [-0.3, -0.25) is 0 Å². The summed E-state index contributed by atoms with van der Waals surface area (Å²) >= 11 is 6.06. The molecule has 29 heavy (non-hydrogen) atoms. The molecule has 1 aromatic rings. The van der Waals surface area contributed by atoms with Crippen molar-refractivity contribution in [2.45, 2.75) is 72.3 Å². The van der Waals surface area contributed by atoms with Gasteiger partial charge in [-0.2, -0.15) is 0 Å². The number of allylic oxidation sites excluding steroid dienone is 2. The zero-order chi connectivity index (χ0) is 20.4. The fraction of sp³-hybridized carbons (Fsp3) is 0.704. The first-order chi connectivity index (χ1) is 13.8. The van der Waals surface area contributed by atoms with Crippen molar-refractivity contribution < 1.29 is 4.74 Å². The highest BCUT2D eigenvalue weighted by molar-refractivity contribution is 6.30. The van der Waals surface area contributed by atoms with Crippen molar-refractivity contribution in [2.24, 2.45) is 46.3 Å². The summed E-state index contributed by atoms with van der Waals surface area (Å²) in [6, 6.07) is 7.94. The van der Waals surface area contributed by atoms with Gasteiger partial charge in [0.1, 0.15) is 5.75 Å². The summed E-state index contributed by atoms with van der Waals surface area (Å²) in [6.07, 6.45) is 13.4. The predicted molar refractivity (Wildman–Crippen MR) is 121 cm³/mol. The van der Waals surface area contributed by atoms with Gasteiger partial charge in [-0.1, -0.05) is 51.4 Å². The van der Waals surface area contributed by atoms with Crippen LogP contribution >= 0.6 is 11.6 Å². The van der Waals surface area contributed by atoms with E-state index in [0.717, 1.165) is 46.3 Å². The topological polar surface area (TPSA) is 9.23 Å². The third-order valence-electron chi connectivity index (χ3n) is 9.73. The van der Waals surface area contributed by atoms with Crippen LogP contribution in [0.15, 0.2) is 36.4 Å². The van der Waals surface area contributed by atoms with Crippen LogP contribution in [-0.2, 0) is 0 Å². The molecule has 9 atom stereocenters. The van der Waals surface area contributed by atoms with Gasteiger partial charge in [0, 0.05) is 5.02 Å². The molecule has 3 saturated carbocycles. The Morgan fingerprint density at radius 2 is 1.72 bits per heavy atom. The number of halogens is 1. The van der Waals surface area contributed by atoms with Gasteiger partial charge in [0.05, 0.1) is 6.10 Å². The summed E-state index contributed by atoms with van der Waals surface area (Å²) in [5.74, 6) is 6.03. The molecule has 0 N–H and O–H groups in total. The van der Waals surface area contributed by atoms with Crippen LogP contribution in [0.5, 0.6) is 5.75 Å². The van der Waals surface area contributed by atoms with Crippen molar-refractivity contribution in [3.8, 4) is 5.75 Å². The van der Waals surface area contributed by atoms with E-state index < -0.39 is 0 Å². The molecule has 0 heterocycles. The van der Waals surface area contributed by atoms with E-state index in [4.69, 9.17) is 16.3 Å². The average molecular weight is 413 g/mol. The molecule has 4 aliphatic rings. The normalized spacial score (nSPS) is 48.5. The second-order valence-electron chi connectivity index (χ2n) is 11.4. The van der Waals surface area contributed by atoms with Crippen LogP contribution in [0.4, 0.5) is 0 Å². The van der Waals surface area contributed by atoms with Crippen LogP contribution in [0.3, 0.4) is 0 Å². The largest absolute Gasteiger partial charge is 0.490 e. The molecule has 0 spiro atoms. The maximum Gasteiger partial charge on any atom is 0.119 e. The Morgan fingerprint density at radius 1 is 0.966 bits per heavy atom. The molecule has 0 aromatic heterocycles. The molecule has 0 aliphatic heterocycles. The molecule has 3 fully saturated rings. The fourth-order valence-corrected chi connectivity index (χ4v) is 8.51. The van der Waals surface area contributed by atoms with Gasteiger partial charge in [-0.15, -0.1) is 0 Å². The van der Waals surface area contributed by atoms with E-state index in [-0.39, 0.29) is 0 Å². The lowest BCUT2D eigenvalue weighted by atomic mass is 9.43. The Kier molecular flexibility index (Phi) is 4.85. The minimum absolute atomic E-state index is 0.350. The van der Waals surface area contributed by atoms with E-state index in [9.17, 15) is 0 Å². The first-order valence-corrected chi connectivity index (χ1v) is 12.3. The lowest BCUT2D eigenvalue weighted by Crippen LogP contribution is -2.55. The van der Waals surface area contributed by atoms with Gasteiger partial charge >= 0.3 is 0 Å². The van der Waals surface area contributed by atoms with Crippen LogP contribution in [0.25, 0.3) is 0 Å². The highest BCUT2D eigenvalue weighted by Gasteiger charge is 2.61. The van der Waals surface area contributed by atoms with E-state index in [1.54, 1.807) is 0 Å². The smallest absolute Gasteiger partial charge is 0.119 e. The number of hydrogen-bond donors (Lipinski definition) is 0. The van der Waals surface area contributed by atoms with E-state index >= 15 is 0 Å². The molecule has 158 valence electrons. The van der Waals surface area contributed by atoms with Crippen LogP contribution in [0.1, 0.15) is 66.2 Å². The maximum atomic E-state index is 6.48. The third kappa shape index (κ3) is 3.18. The molecule has 1 aromatic carbocycles. The average Bonchev–Trinajstić information content (AvgIpc) is 3.01. The SMILES string of the molecule is CC1CC=C[C@@]2(C)[C@H]1C[C@H](C)[C@H]1[C@@H]3C[C@H](Oc4ccc(Cl)cc4)C[C@@]3(C)CC[C@@H]12. The lowest BCUT2D eigenvalue weighted by Gasteiger charge is -2.61. The van der Waals surface area contributed by atoms with Gasteiger partial charge in [0.25, 0.3) is 0 Å². The highest BCUT2D eigenvalue weighted by atomic mass is 35.5. The van der Waals surface area contributed by atoms with Crippen LogP contribution in [0, 0.1) is 46.3 Å². The van der Waals surface area contributed by atoms with Crippen molar-refractivity contribution in [1.82, 2.24) is 0 Å². The fourth-order valence-electron chi connectivity index (χ4n) is 8.38. The Bertz CT molecular complexity index is 784. The second kappa shape index (κ2) is 7.04. The van der Waals surface area contributed by atoms with Crippen molar-refractivity contribution in [1.29, 1.82) is 0 Å². The first-order valence-electron chi connectivity index (χ1n) is 11.9. The summed E-state index contributed by atoms with van der Waals surface area (Å²) in [5.41, 5.74) is 0.852. The van der Waals surface area contributed by atoms with Gasteiger partial charge in [-0.25, -0.2) is 0 Å². The molecule has 0 bridgehead atoms. The van der Waals surface area contributed by atoms with E-state index in [1.165, 1.54) is 38.5 Å². The number of rotatable bonds is 2. The van der Waals surface area contributed by atoms with Crippen molar-refractivity contribution in [2.75, 3.05) is 0 Å². The molecule has 4 aliphatic carbocycles. The van der Waals surface area contributed by atoms with Gasteiger partial charge < -0.3 is 4.74 Å². The minimum Gasteiger partial charge on any atom is -0.490 e. The number of fused-ring (bicyclic) bond motifs is 5. The molecule has 1 nitrogen and oxygen atoms in total. The van der Waals surface area contributed by atoms with Crippen molar-refractivity contribution in [3.05, 3.63) is 41.4 Å². The summed E-state index contributed by atoms with van der Waals surface area (Å²) in [4.78, 5) is 0. The Labute approximate surface area is 182 Å². The Balaban J connectivity index is 1.40. The van der Waals surface area contributed by atoms with Crippen molar-refractivity contribution in [3.63, 3.8) is 0 Å². The molecular weight excluding hydrogens is 376 g/mol. The number of ether oxygens (including phenoxy) is 1. The standard InChI is InChI=1S/C27H37ClO/c1-17-6-5-12-27(4)22-11-13-26(3)16-21(29-20-9-7-19(28)8-10-20)15-24(26)25(22)18(2)14-23(17)27/h5,7-10,12,17-18,21-25H,6,11,13-16H2,1-4H3/t17?,18-,21-,22-,23-,24-,25+,26+,27+/m0/s1. The second-order valence-corrected chi connectivity index (χ2v) is 11.9. The van der Waals surface area contributed by atoms with E-state index in [0.29, 0.717) is 16.9 Å². The molecule has 0 radical (unpaired) electrons. The summed E-state index contributed by atoms with van der Waals surface area (Å²) < 4.78 is 6.48. The van der Waals surface area contributed by atoms with Crippen LogP contribution in [0.2, 0.25) is 5.02 Å². The third-order valence-corrected chi connectivity index (χ3v) is 9.98. The van der Waals surface area contributed by atoms with Crippen LogP contribution in [-0.4, -0.2) is 6.10 Å². The van der Waals surface area contributed by atoms with Gasteiger partial charge in [0.15, 0.2) is 0 Å². The monoisotopic (exact) mass is 412 g/mol. The number of benzene rings is 1. The lowest BCUT2D eigenvalue weighted by molar-refractivity contribution is -0.107. The van der Waals surface area contributed by atoms with Gasteiger partial charge in [0.2, 0.25) is 0 Å². The Hall–Kier alpha value is -0.950. The zero-order valence-corrected chi connectivity index (χ0v) is 19.3. The minimum atomic E-state index is 0.350. The molecule has 2 heteroatoms. The van der Waals surface area contributed by atoms with Gasteiger partial charge in [-0.05, 0) is 109 Å². The molecule has 0 amide bonds. The quantitative estimate of drug-likeness (QED) is 0.450. The van der Waals surface area contributed by atoms with Crippen molar-refractivity contribution >= 4 is 11.6 Å². The summed E-state index contributed by atoms with van der Waals surface area (Å²) in [5, 5.41) is 0.779. The first kappa shape index (κ1) is 20.0. The number of hydrogen-bond acceptors (Lipinski definition) is 1. The highest BCUT2D eigenvalue weighted by Crippen LogP contribution is 2.67.